The highest BCUT2D eigenvalue weighted by Crippen LogP contribution is 2.31. The van der Waals surface area contributed by atoms with Gasteiger partial charge in [-0.15, -0.1) is 0 Å². The molecule has 2 atom stereocenters. The van der Waals surface area contributed by atoms with E-state index in [9.17, 15) is 0 Å². The Morgan fingerprint density at radius 1 is 0.810 bits per heavy atom. The summed E-state index contributed by atoms with van der Waals surface area (Å²) in [7, 11) is 0. The summed E-state index contributed by atoms with van der Waals surface area (Å²) in [6.07, 6.45) is 19.0. The van der Waals surface area contributed by atoms with Crippen LogP contribution in [0.1, 0.15) is 96.8 Å². The minimum absolute atomic E-state index is 0.332. The van der Waals surface area contributed by atoms with Crippen molar-refractivity contribution in [2.24, 2.45) is 0 Å². The van der Waals surface area contributed by atoms with Gasteiger partial charge in [0.25, 0.3) is 0 Å². The van der Waals surface area contributed by atoms with E-state index >= 15 is 0 Å². The van der Waals surface area contributed by atoms with Gasteiger partial charge in [0.1, 0.15) is 0 Å². The fourth-order valence-electron chi connectivity index (χ4n) is 3.02. The predicted octanol–water partition coefficient (Wildman–Crippen LogP) is 6.31. The smallest absolute Gasteiger partial charge is 0.0851 e. The zero-order valence-electron chi connectivity index (χ0n) is 14.1. The molecule has 21 heavy (non-hydrogen) atoms. The molecule has 2 nitrogen and oxygen atoms in total. The van der Waals surface area contributed by atoms with E-state index in [1.807, 2.05) is 0 Å². The molecule has 2 heteroatoms. The number of hydrogen-bond donors (Lipinski definition) is 1. The zero-order chi connectivity index (χ0) is 15.3. The van der Waals surface area contributed by atoms with E-state index < -0.39 is 0 Å². The molecule has 1 aliphatic heterocycles. The minimum Gasteiger partial charge on any atom is -0.513 e. The van der Waals surface area contributed by atoms with Gasteiger partial charge in [-0.2, -0.15) is 0 Å². The van der Waals surface area contributed by atoms with Crippen LogP contribution in [-0.2, 0) is 4.74 Å². The highest BCUT2D eigenvalue weighted by Gasteiger charge is 2.36. The average Bonchev–Trinajstić information content (AvgIpc) is 3.20. The summed E-state index contributed by atoms with van der Waals surface area (Å²) in [5, 5.41) is 8.99. The first-order chi connectivity index (χ1) is 10.2. The SMILES string of the molecule is C=C(O)CCCCCCCC1OC1CCCCCCCC. The third kappa shape index (κ3) is 10.8. The molecule has 0 spiro atoms. The van der Waals surface area contributed by atoms with Gasteiger partial charge in [-0.1, -0.05) is 77.7 Å². The highest BCUT2D eigenvalue weighted by atomic mass is 16.6. The van der Waals surface area contributed by atoms with E-state index in [1.165, 1.54) is 77.0 Å². The molecule has 1 heterocycles. The molecule has 1 fully saturated rings. The highest BCUT2D eigenvalue weighted by molar-refractivity contribution is 4.84. The molecule has 0 amide bonds. The van der Waals surface area contributed by atoms with Gasteiger partial charge < -0.3 is 9.84 Å². The van der Waals surface area contributed by atoms with Crippen molar-refractivity contribution in [3.8, 4) is 0 Å². The molecule has 0 radical (unpaired) electrons. The monoisotopic (exact) mass is 296 g/mol. The molecule has 0 aliphatic carbocycles. The largest absolute Gasteiger partial charge is 0.513 e. The summed E-state index contributed by atoms with van der Waals surface area (Å²) in [6, 6.07) is 0. The van der Waals surface area contributed by atoms with Crippen LogP contribution in [0.15, 0.2) is 12.3 Å². The Morgan fingerprint density at radius 2 is 1.29 bits per heavy atom. The first-order valence-corrected chi connectivity index (χ1v) is 9.26. The van der Waals surface area contributed by atoms with Crippen molar-refractivity contribution < 1.29 is 9.84 Å². The van der Waals surface area contributed by atoms with Crippen molar-refractivity contribution in [1.29, 1.82) is 0 Å². The molecule has 0 saturated carbocycles. The fourth-order valence-corrected chi connectivity index (χ4v) is 3.02. The number of hydrogen-bond acceptors (Lipinski definition) is 2. The lowest BCUT2D eigenvalue weighted by Gasteiger charge is -2.01. The zero-order valence-corrected chi connectivity index (χ0v) is 14.1. The van der Waals surface area contributed by atoms with E-state index in [2.05, 4.69) is 13.5 Å². The molecule has 0 bridgehead atoms. The second kappa shape index (κ2) is 12.1. The van der Waals surface area contributed by atoms with Gasteiger partial charge in [0.15, 0.2) is 0 Å². The minimum atomic E-state index is 0.332. The summed E-state index contributed by atoms with van der Waals surface area (Å²) in [6.45, 7) is 5.78. The third-order valence-corrected chi connectivity index (χ3v) is 4.48. The Kier molecular flexibility index (Phi) is 10.7. The number of allylic oxidation sites excluding steroid dienone is 1. The van der Waals surface area contributed by atoms with Gasteiger partial charge >= 0.3 is 0 Å². The molecule has 0 aromatic rings. The fraction of sp³-hybridized carbons (Fsp3) is 0.895. The Bertz CT molecular complexity index is 262. The van der Waals surface area contributed by atoms with Crippen molar-refractivity contribution in [1.82, 2.24) is 0 Å². The van der Waals surface area contributed by atoms with E-state index in [1.54, 1.807) is 0 Å². The lowest BCUT2D eigenvalue weighted by Crippen LogP contribution is -1.94. The molecule has 124 valence electrons. The lowest BCUT2D eigenvalue weighted by molar-refractivity contribution is 0.347. The van der Waals surface area contributed by atoms with Crippen LogP contribution in [0.3, 0.4) is 0 Å². The van der Waals surface area contributed by atoms with Crippen LogP contribution in [0.4, 0.5) is 0 Å². The van der Waals surface area contributed by atoms with Gasteiger partial charge in [-0.3, -0.25) is 0 Å². The van der Waals surface area contributed by atoms with E-state index in [0.29, 0.717) is 18.0 Å². The number of ether oxygens (including phenoxy) is 1. The number of aliphatic hydroxyl groups excluding tert-OH is 1. The second-order valence-electron chi connectivity index (χ2n) is 6.64. The van der Waals surface area contributed by atoms with Crippen LogP contribution in [0.2, 0.25) is 0 Å². The Balaban J connectivity index is 1.77. The first-order valence-electron chi connectivity index (χ1n) is 9.26. The van der Waals surface area contributed by atoms with E-state index in [0.717, 1.165) is 12.8 Å². The topological polar surface area (TPSA) is 32.8 Å². The van der Waals surface area contributed by atoms with Crippen LogP contribution in [0.25, 0.3) is 0 Å². The van der Waals surface area contributed by atoms with Crippen molar-refractivity contribution >= 4 is 0 Å². The van der Waals surface area contributed by atoms with Crippen LogP contribution in [0.5, 0.6) is 0 Å². The van der Waals surface area contributed by atoms with Crippen molar-refractivity contribution in [2.75, 3.05) is 0 Å². The maximum absolute atomic E-state index is 8.99. The number of aliphatic hydroxyl groups is 1. The predicted molar refractivity (Wildman–Crippen MR) is 90.7 cm³/mol. The van der Waals surface area contributed by atoms with Gasteiger partial charge in [0.2, 0.25) is 0 Å². The summed E-state index contributed by atoms with van der Waals surface area (Å²) >= 11 is 0. The maximum Gasteiger partial charge on any atom is 0.0851 e. The number of rotatable bonds is 15. The van der Waals surface area contributed by atoms with Crippen molar-refractivity contribution in [3.05, 3.63) is 12.3 Å². The molecule has 1 rings (SSSR count). The van der Waals surface area contributed by atoms with Crippen molar-refractivity contribution in [3.63, 3.8) is 0 Å². The van der Waals surface area contributed by atoms with Crippen LogP contribution < -0.4 is 0 Å². The number of unbranched alkanes of at least 4 members (excludes halogenated alkanes) is 9. The molecule has 1 aliphatic rings. The average molecular weight is 296 g/mol. The van der Waals surface area contributed by atoms with Gasteiger partial charge in [-0.05, 0) is 19.3 Å². The standard InChI is InChI=1S/C19H36O2/c1-3-4-5-6-9-12-15-18-19(21-18)16-13-10-7-8-11-14-17(2)20/h18-20H,2-16H2,1H3. The third-order valence-electron chi connectivity index (χ3n) is 4.48. The van der Waals surface area contributed by atoms with E-state index in [-0.39, 0.29) is 0 Å². The molecular weight excluding hydrogens is 260 g/mol. The second-order valence-corrected chi connectivity index (χ2v) is 6.64. The number of epoxide rings is 1. The van der Waals surface area contributed by atoms with Crippen LogP contribution in [-0.4, -0.2) is 17.3 Å². The summed E-state index contributed by atoms with van der Waals surface area (Å²) in [4.78, 5) is 0. The summed E-state index contributed by atoms with van der Waals surface area (Å²) in [5.41, 5.74) is 0. The Morgan fingerprint density at radius 3 is 1.81 bits per heavy atom. The maximum atomic E-state index is 8.99. The molecular formula is C19H36O2. The normalized spacial score (nSPS) is 20.6. The van der Waals surface area contributed by atoms with Gasteiger partial charge in [0.05, 0.1) is 18.0 Å². The Labute approximate surface area is 132 Å². The quantitative estimate of drug-likeness (QED) is 0.218. The lowest BCUT2D eigenvalue weighted by atomic mass is 10.0. The van der Waals surface area contributed by atoms with Crippen LogP contribution >= 0.6 is 0 Å². The van der Waals surface area contributed by atoms with E-state index in [4.69, 9.17) is 9.84 Å². The van der Waals surface area contributed by atoms with Gasteiger partial charge in [0, 0.05) is 6.42 Å². The van der Waals surface area contributed by atoms with Gasteiger partial charge in [-0.25, -0.2) is 0 Å². The first kappa shape index (κ1) is 18.5. The summed E-state index contributed by atoms with van der Waals surface area (Å²) < 4.78 is 5.76. The molecule has 0 aromatic heterocycles. The Hall–Kier alpha value is -0.500. The molecule has 1 N–H and O–H groups in total. The van der Waals surface area contributed by atoms with Crippen molar-refractivity contribution in [2.45, 2.75) is 109 Å². The molecule has 0 aromatic carbocycles. The molecule has 2 unspecified atom stereocenters. The molecule has 1 saturated heterocycles. The summed E-state index contributed by atoms with van der Waals surface area (Å²) in [5.74, 6) is 0.332. The van der Waals surface area contributed by atoms with Crippen LogP contribution in [0, 0.1) is 0 Å².